The topological polar surface area (TPSA) is 24.4 Å². The van der Waals surface area contributed by atoms with Gasteiger partial charge in [-0.2, -0.15) is 0 Å². The second-order valence-electron chi connectivity index (χ2n) is 5.84. The molecule has 0 spiro atoms. The first kappa shape index (κ1) is 11.9. The van der Waals surface area contributed by atoms with E-state index in [0.717, 1.165) is 30.3 Å². The molecular formula is C14H24N2S. The molecular weight excluding hydrogens is 228 g/mol. The van der Waals surface area contributed by atoms with Crippen molar-refractivity contribution in [1.29, 1.82) is 0 Å². The van der Waals surface area contributed by atoms with Gasteiger partial charge in [0.1, 0.15) is 0 Å². The predicted molar refractivity (Wildman–Crippen MR) is 75.5 cm³/mol. The second-order valence-corrected chi connectivity index (χ2v) is 6.93. The molecule has 0 radical (unpaired) electrons. The fraction of sp³-hybridized carbons (Fsp3) is 0.929. The molecule has 4 unspecified atom stereocenters. The Bertz CT molecular complexity index is 303. The first-order chi connectivity index (χ1) is 8.38. The lowest BCUT2D eigenvalue weighted by Crippen LogP contribution is -2.42. The number of hydrogen-bond donors (Lipinski definition) is 1. The van der Waals surface area contributed by atoms with E-state index < -0.39 is 0 Å². The van der Waals surface area contributed by atoms with Gasteiger partial charge in [-0.25, -0.2) is 0 Å². The molecule has 0 aromatic rings. The lowest BCUT2D eigenvalue weighted by molar-refractivity contribution is 0.251. The second kappa shape index (κ2) is 5.21. The van der Waals surface area contributed by atoms with Crippen molar-refractivity contribution in [2.75, 3.05) is 12.3 Å². The average molecular weight is 252 g/mol. The highest BCUT2D eigenvalue weighted by Crippen LogP contribution is 2.50. The minimum Gasteiger partial charge on any atom is -0.362 e. The van der Waals surface area contributed by atoms with Crippen LogP contribution in [0.3, 0.4) is 0 Å². The smallest absolute Gasteiger partial charge is 0.156 e. The van der Waals surface area contributed by atoms with Crippen molar-refractivity contribution in [3.63, 3.8) is 0 Å². The third-order valence-corrected chi connectivity index (χ3v) is 5.76. The van der Waals surface area contributed by atoms with Crippen LogP contribution in [0.2, 0.25) is 0 Å². The molecule has 17 heavy (non-hydrogen) atoms. The van der Waals surface area contributed by atoms with Crippen molar-refractivity contribution < 1.29 is 0 Å². The Balaban J connectivity index is 1.63. The highest BCUT2D eigenvalue weighted by atomic mass is 32.2. The fourth-order valence-electron chi connectivity index (χ4n) is 4.06. The molecule has 2 saturated carbocycles. The largest absolute Gasteiger partial charge is 0.362 e. The summed E-state index contributed by atoms with van der Waals surface area (Å²) in [6.07, 6.45) is 8.64. The molecule has 0 aromatic heterocycles. The molecule has 3 rings (SSSR count). The van der Waals surface area contributed by atoms with Gasteiger partial charge in [-0.1, -0.05) is 31.5 Å². The Morgan fingerprint density at radius 2 is 2.24 bits per heavy atom. The number of nitrogens with one attached hydrogen (secondary N) is 1. The van der Waals surface area contributed by atoms with Crippen LogP contribution in [0.5, 0.6) is 0 Å². The number of aliphatic imine (C=N–C) groups is 1. The van der Waals surface area contributed by atoms with Gasteiger partial charge >= 0.3 is 0 Å². The Kier molecular flexibility index (Phi) is 3.64. The Morgan fingerprint density at radius 1 is 1.35 bits per heavy atom. The van der Waals surface area contributed by atoms with Crippen molar-refractivity contribution in [3.05, 3.63) is 0 Å². The minimum atomic E-state index is 0.754. The number of amidine groups is 1. The van der Waals surface area contributed by atoms with Gasteiger partial charge in [-0.3, -0.25) is 4.99 Å². The molecule has 2 fully saturated rings. The van der Waals surface area contributed by atoms with E-state index >= 15 is 0 Å². The molecule has 3 aliphatic rings. The third-order valence-electron chi connectivity index (χ3n) is 4.86. The van der Waals surface area contributed by atoms with E-state index in [1.54, 1.807) is 0 Å². The van der Waals surface area contributed by atoms with Gasteiger partial charge in [-0.05, 0) is 43.4 Å². The van der Waals surface area contributed by atoms with E-state index in [4.69, 9.17) is 0 Å². The van der Waals surface area contributed by atoms with Crippen LogP contribution in [0.1, 0.15) is 45.4 Å². The number of rotatable bonds is 4. The van der Waals surface area contributed by atoms with E-state index in [1.165, 1.54) is 49.4 Å². The summed E-state index contributed by atoms with van der Waals surface area (Å²) in [5.74, 6) is 4.10. The van der Waals surface area contributed by atoms with Gasteiger partial charge in [0.2, 0.25) is 0 Å². The van der Waals surface area contributed by atoms with Crippen molar-refractivity contribution in [1.82, 2.24) is 5.32 Å². The number of nitrogens with zero attached hydrogens (tertiary/aromatic N) is 1. The van der Waals surface area contributed by atoms with Gasteiger partial charge < -0.3 is 5.32 Å². The molecule has 0 aromatic carbocycles. The Labute approximate surface area is 109 Å². The summed E-state index contributed by atoms with van der Waals surface area (Å²) in [5, 5.41) is 5.02. The normalized spacial score (nSPS) is 39.7. The zero-order valence-electron chi connectivity index (χ0n) is 10.8. The number of unbranched alkanes of at least 4 members (excludes halogenated alkanes) is 1. The van der Waals surface area contributed by atoms with Crippen molar-refractivity contribution in [2.24, 2.45) is 22.7 Å². The molecule has 3 heteroatoms. The molecule has 0 saturated heterocycles. The highest BCUT2D eigenvalue weighted by Gasteiger charge is 2.47. The summed E-state index contributed by atoms with van der Waals surface area (Å²) in [7, 11) is 0. The van der Waals surface area contributed by atoms with Crippen LogP contribution >= 0.6 is 11.8 Å². The lowest BCUT2D eigenvalue weighted by atomic mass is 9.81. The third kappa shape index (κ3) is 2.35. The van der Waals surface area contributed by atoms with Gasteiger partial charge in [0.25, 0.3) is 0 Å². The predicted octanol–water partition coefficient (Wildman–Crippen LogP) is 3.28. The molecule has 96 valence electrons. The van der Waals surface area contributed by atoms with Crippen molar-refractivity contribution in [3.8, 4) is 0 Å². The Hall–Kier alpha value is -0.180. The first-order valence-corrected chi connectivity index (χ1v) is 8.31. The summed E-state index contributed by atoms with van der Waals surface area (Å²) in [4.78, 5) is 4.57. The summed E-state index contributed by atoms with van der Waals surface area (Å²) in [6.45, 7) is 3.33. The number of hydrogen-bond acceptors (Lipinski definition) is 3. The minimum absolute atomic E-state index is 0.754. The molecule has 4 atom stereocenters. The van der Waals surface area contributed by atoms with Crippen LogP contribution in [0.25, 0.3) is 0 Å². The van der Waals surface area contributed by atoms with Gasteiger partial charge in [0, 0.05) is 11.8 Å². The zero-order chi connectivity index (χ0) is 11.7. The number of thioether (sulfide) groups is 1. The lowest BCUT2D eigenvalue weighted by Gasteiger charge is -2.32. The molecule has 1 aliphatic heterocycles. The summed E-state index contributed by atoms with van der Waals surface area (Å²) < 4.78 is 0. The maximum atomic E-state index is 4.57. The van der Waals surface area contributed by atoms with Crippen molar-refractivity contribution >= 4 is 16.9 Å². The van der Waals surface area contributed by atoms with E-state index in [-0.39, 0.29) is 0 Å². The fourth-order valence-corrected chi connectivity index (χ4v) is 4.83. The van der Waals surface area contributed by atoms with Crippen LogP contribution < -0.4 is 5.32 Å². The Morgan fingerprint density at radius 3 is 3.00 bits per heavy atom. The summed E-state index contributed by atoms with van der Waals surface area (Å²) in [5.41, 5.74) is 0. The van der Waals surface area contributed by atoms with E-state index in [1.807, 2.05) is 11.8 Å². The maximum absolute atomic E-state index is 4.57. The quantitative estimate of drug-likeness (QED) is 0.830. The molecule has 0 amide bonds. The zero-order valence-corrected chi connectivity index (χ0v) is 11.6. The van der Waals surface area contributed by atoms with Crippen LogP contribution in [0.4, 0.5) is 0 Å². The van der Waals surface area contributed by atoms with E-state index in [2.05, 4.69) is 17.2 Å². The highest BCUT2D eigenvalue weighted by molar-refractivity contribution is 8.14. The molecule has 2 nitrogen and oxygen atoms in total. The van der Waals surface area contributed by atoms with Crippen LogP contribution in [0, 0.1) is 17.8 Å². The first-order valence-electron chi connectivity index (χ1n) is 7.32. The van der Waals surface area contributed by atoms with E-state index in [9.17, 15) is 0 Å². The molecule has 1 N–H and O–H groups in total. The summed E-state index contributed by atoms with van der Waals surface area (Å²) >= 11 is 1.92. The van der Waals surface area contributed by atoms with Gasteiger partial charge in [0.15, 0.2) is 5.17 Å². The van der Waals surface area contributed by atoms with Crippen LogP contribution in [-0.2, 0) is 0 Å². The SMILES string of the molecule is CCCCC1C2CCC(C2)C1NC1=NCCS1. The van der Waals surface area contributed by atoms with Crippen LogP contribution in [-0.4, -0.2) is 23.5 Å². The maximum Gasteiger partial charge on any atom is 0.156 e. The van der Waals surface area contributed by atoms with Crippen LogP contribution in [0.15, 0.2) is 4.99 Å². The number of fused-ring (bicyclic) bond motifs is 2. The molecule has 2 aliphatic carbocycles. The summed E-state index contributed by atoms with van der Waals surface area (Å²) in [6, 6.07) is 0.754. The van der Waals surface area contributed by atoms with Crippen molar-refractivity contribution in [2.45, 2.75) is 51.5 Å². The molecule has 1 heterocycles. The van der Waals surface area contributed by atoms with Gasteiger partial charge in [-0.15, -0.1) is 0 Å². The standard InChI is InChI=1S/C14H24N2S/c1-2-3-4-12-10-5-6-11(9-10)13(12)16-14-15-7-8-17-14/h10-13H,2-9H2,1H3,(H,15,16). The van der Waals surface area contributed by atoms with E-state index in [0.29, 0.717) is 0 Å². The average Bonchev–Trinajstić information content (AvgIpc) is 3.03. The molecule has 2 bridgehead atoms. The van der Waals surface area contributed by atoms with Gasteiger partial charge in [0.05, 0.1) is 6.54 Å². The monoisotopic (exact) mass is 252 g/mol.